The molecule has 9 heteroatoms. The molecule has 0 spiro atoms. The van der Waals surface area contributed by atoms with Crippen LogP contribution in [0.1, 0.15) is 16.8 Å². The summed E-state index contributed by atoms with van der Waals surface area (Å²) in [5.74, 6) is -5.15. The van der Waals surface area contributed by atoms with Crippen LogP contribution in [0, 0.1) is 35.1 Å². The third kappa shape index (κ3) is 4.37. The zero-order valence-electron chi connectivity index (χ0n) is 13.9. The number of aliphatic hydroxyl groups excluding tert-OH is 1. The molecule has 27 heavy (non-hydrogen) atoms. The molecule has 2 atom stereocenters. The maximum Gasteiger partial charge on any atom is 0.277 e. The lowest BCUT2D eigenvalue weighted by Gasteiger charge is -2.14. The van der Waals surface area contributed by atoms with Gasteiger partial charge in [-0.2, -0.15) is 0 Å². The van der Waals surface area contributed by atoms with Crippen LogP contribution in [0.5, 0.6) is 0 Å². The van der Waals surface area contributed by atoms with E-state index in [1.54, 1.807) is 0 Å². The second-order valence-electron chi connectivity index (χ2n) is 6.21. The van der Waals surface area contributed by atoms with Gasteiger partial charge in [-0.25, -0.2) is 23.0 Å². The Bertz CT molecular complexity index is 863. The highest BCUT2D eigenvalue weighted by Crippen LogP contribution is 2.37. The quantitative estimate of drug-likeness (QED) is 0.506. The van der Waals surface area contributed by atoms with Crippen LogP contribution in [0.2, 0.25) is 0 Å². The van der Waals surface area contributed by atoms with Crippen LogP contribution in [0.25, 0.3) is 0 Å². The Morgan fingerprint density at radius 3 is 2.56 bits per heavy atom. The van der Waals surface area contributed by atoms with E-state index in [1.165, 1.54) is 0 Å². The average molecular weight is 384 g/mol. The van der Waals surface area contributed by atoms with Crippen molar-refractivity contribution in [3.8, 4) is 0 Å². The van der Waals surface area contributed by atoms with Crippen molar-refractivity contribution >= 4 is 17.3 Å². The lowest BCUT2D eigenvalue weighted by molar-refractivity contribution is 0.0248. The number of hydroxylamine groups is 1. The molecule has 3 rings (SSSR count). The molecular weight excluding hydrogens is 368 g/mol. The summed E-state index contributed by atoms with van der Waals surface area (Å²) in [7, 11) is 0. The van der Waals surface area contributed by atoms with Gasteiger partial charge < -0.3 is 10.4 Å². The molecule has 144 valence electrons. The molecule has 3 N–H and O–H groups in total. The number of benzene rings is 2. The molecule has 0 saturated heterocycles. The van der Waals surface area contributed by atoms with Gasteiger partial charge in [0.25, 0.3) is 5.91 Å². The number of carbonyl (C=O) groups is 1. The van der Waals surface area contributed by atoms with Gasteiger partial charge in [-0.1, -0.05) is 0 Å². The average Bonchev–Trinajstić information content (AvgIpc) is 3.39. The van der Waals surface area contributed by atoms with Gasteiger partial charge in [-0.15, -0.1) is 0 Å². The molecule has 1 saturated carbocycles. The third-order valence-corrected chi connectivity index (χ3v) is 4.30. The van der Waals surface area contributed by atoms with Gasteiger partial charge in [0.15, 0.2) is 11.6 Å². The van der Waals surface area contributed by atoms with Crippen molar-refractivity contribution in [1.29, 1.82) is 0 Å². The highest BCUT2D eigenvalue weighted by atomic mass is 19.2. The number of rotatable bonds is 7. The topological polar surface area (TPSA) is 70.6 Å². The van der Waals surface area contributed by atoms with Crippen LogP contribution in [-0.4, -0.2) is 24.2 Å². The molecule has 0 bridgehead atoms. The van der Waals surface area contributed by atoms with Crippen LogP contribution in [0.15, 0.2) is 30.3 Å². The smallest absolute Gasteiger partial charge is 0.277 e. The molecule has 2 aromatic carbocycles. The van der Waals surface area contributed by atoms with Crippen LogP contribution in [-0.2, 0) is 4.84 Å². The lowest BCUT2D eigenvalue weighted by Crippen LogP contribution is -2.26. The Hall–Kier alpha value is -2.65. The van der Waals surface area contributed by atoms with Crippen LogP contribution in [0.4, 0.5) is 28.9 Å². The fourth-order valence-corrected chi connectivity index (χ4v) is 2.59. The van der Waals surface area contributed by atoms with E-state index in [9.17, 15) is 22.4 Å². The molecule has 1 aliphatic carbocycles. The van der Waals surface area contributed by atoms with Crippen molar-refractivity contribution in [1.82, 2.24) is 5.48 Å². The molecular formula is C18H16F4N2O3. The van der Waals surface area contributed by atoms with Crippen molar-refractivity contribution in [2.45, 2.75) is 6.42 Å². The predicted molar refractivity (Wildman–Crippen MR) is 88.1 cm³/mol. The minimum absolute atomic E-state index is 0.0302. The van der Waals surface area contributed by atoms with Crippen molar-refractivity contribution in [2.75, 3.05) is 18.5 Å². The molecule has 0 heterocycles. The first kappa shape index (κ1) is 19.1. The number of anilines is 2. The fraction of sp³-hybridized carbons (Fsp3) is 0.278. The predicted octanol–water partition coefficient (Wildman–Crippen LogP) is 3.28. The summed E-state index contributed by atoms with van der Waals surface area (Å²) in [6.45, 7) is 0.193. The van der Waals surface area contributed by atoms with E-state index in [0.29, 0.717) is 6.07 Å². The molecule has 0 aromatic heterocycles. The number of carbonyl (C=O) groups excluding carboxylic acids is 1. The molecule has 2 aromatic rings. The number of halogens is 4. The first-order valence-electron chi connectivity index (χ1n) is 8.13. The second-order valence-corrected chi connectivity index (χ2v) is 6.21. The van der Waals surface area contributed by atoms with Gasteiger partial charge in [0.1, 0.15) is 11.6 Å². The van der Waals surface area contributed by atoms with Crippen LogP contribution < -0.4 is 10.8 Å². The van der Waals surface area contributed by atoms with Crippen molar-refractivity contribution in [3.63, 3.8) is 0 Å². The molecule has 5 nitrogen and oxygen atoms in total. The molecule has 2 unspecified atom stereocenters. The Morgan fingerprint density at radius 1 is 1.11 bits per heavy atom. The molecule has 1 amide bonds. The number of nitrogens with one attached hydrogen (secondary N) is 2. The van der Waals surface area contributed by atoms with Gasteiger partial charge in [0.05, 0.1) is 23.5 Å². The Labute approximate surface area is 151 Å². The minimum Gasteiger partial charge on any atom is -0.396 e. The SMILES string of the molecule is O=C(NOCC1CC1CO)c1ccc(F)c(F)c1Nc1ccc(F)cc1F. The maximum atomic E-state index is 14.2. The lowest BCUT2D eigenvalue weighted by atomic mass is 10.1. The number of hydrogen-bond acceptors (Lipinski definition) is 4. The first-order valence-corrected chi connectivity index (χ1v) is 8.13. The van der Waals surface area contributed by atoms with E-state index in [0.717, 1.165) is 30.7 Å². The molecule has 1 aliphatic rings. The van der Waals surface area contributed by atoms with E-state index in [4.69, 9.17) is 9.94 Å². The summed E-state index contributed by atoms with van der Waals surface area (Å²) in [6, 6.07) is 4.25. The Morgan fingerprint density at radius 2 is 1.89 bits per heavy atom. The summed E-state index contributed by atoms with van der Waals surface area (Å²) in [5, 5.41) is 11.2. The van der Waals surface area contributed by atoms with E-state index >= 15 is 0 Å². The highest BCUT2D eigenvalue weighted by Gasteiger charge is 2.36. The summed E-state index contributed by atoms with van der Waals surface area (Å²) < 4.78 is 54.6. The van der Waals surface area contributed by atoms with Gasteiger partial charge in [-0.3, -0.25) is 9.63 Å². The third-order valence-electron chi connectivity index (χ3n) is 4.30. The molecule has 0 radical (unpaired) electrons. The zero-order valence-corrected chi connectivity index (χ0v) is 13.9. The van der Waals surface area contributed by atoms with E-state index < -0.39 is 34.9 Å². The Kier molecular flexibility index (Phi) is 5.62. The number of amides is 1. The van der Waals surface area contributed by atoms with E-state index in [1.807, 2.05) is 0 Å². The van der Waals surface area contributed by atoms with Gasteiger partial charge in [0, 0.05) is 12.7 Å². The summed E-state index contributed by atoms with van der Waals surface area (Å²) in [6.07, 6.45) is 0.772. The van der Waals surface area contributed by atoms with Crippen molar-refractivity contribution in [3.05, 3.63) is 59.2 Å². The highest BCUT2D eigenvalue weighted by molar-refractivity contribution is 5.99. The van der Waals surface area contributed by atoms with E-state index in [2.05, 4.69) is 10.8 Å². The largest absolute Gasteiger partial charge is 0.396 e. The summed E-state index contributed by atoms with van der Waals surface area (Å²) >= 11 is 0. The standard InChI is InChI=1S/C18H16F4N2O3/c19-11-1-4-15(14(21)6-11)23-17-12(2-3-13(20)16(17)22)18(26)24-27-8-10-5-9(10)7-25/h1-4,6,9-10,23,25H,5,7-8H2,(H,24,26). The molecule has 0 aliphatic heterocycles. The van der Waals surface area contributed by atoms with Gasteiger partial charge in [0.2, 0.25) is 0 Å². The molecule has 1 fully saturated rings. The van der Waals surface area contributed by atoms with Gasteiger partial charge >= 0.3 is 0 Å². The fourth-order valence-electron chi connectivity index (χ4n) is 2.59. The first-order chi connectivity index (χ1) is 12.9. The van der Waals surface area contributed by atoms with Gasteiger partial charge in [-0.05, 0) is 42.5 Å². The minimum atomic E-state index is -1.39. The maximum absolute atomic E-state index is 14.2. The van der Waals surface area contributed by atoms with E-state index in [-0.39, 0.29) is 36.3 Å². The summed E-state index contributed by atoms with van der Waals surface area (Å²) in [4.78, 5) is 17.3. The summed E-state index contributed by atoms with van der Waals surface area (Å²) in [5.41, 5.74) is 0.838. The van der Waals surface area contributed by atoms with Crippen LogP contribution >= 0.6 is 0 Å². The zero-order chi connectivity index (χ0) is 19.6. The Balaban J connectivity index is 1.76. The van der Waals surface area contributed by atoms with Crippen LogP contribution in [0.3, 0.4) is 0 Å². The monoisotopic (exact) mass is 384 g/mol. The number of aliphatic hydroxyl groups is 1. The van der Waals surface area contributed by atoms with Crippen molar-refractivity contribution in [2.24, 2.45) is 11.8 Å². The second kappa shape index (κ2) is 7.93. The normalized spacial score (nSPS) is 18.3. The number of hydrogen-bond donors (Lipinski definition) is 3. The van der Waals surface area contributed by atoms with Crippen molar-refractivity contribution < 1.29 is 32.3 Å².